The van der Waals surface area contributed by atoms with Crippen LogP contribution >= 0.6 is 0 Å². The molecule has 0 saturated carbocycles. The van der Waals surface area contributed by atoms with Gasteiger partial charge in [0.2, 0.25) is 0 Å². The number of carbonyl (C=O) groups excluding carboxylic acids is 3. The standard InChI is InChI=1S/C35H42F3N5O5/c1-21-10-9-13-40-30(21)41-32(45)26-18-27(31(44)39-7)28(16-22(26)2)47-29(24-11-8-12-25(17-24)35(36,37)38)20-42-14-15-43(23(3)19-42)33(46)48-34(4,5)6/h8-13,16-18,23,29H,14-15,19-20H2,1-7H3,(H,39,44)(H,40,41,45)/t23-,29-/m1/s1. The Kier molecular flexibility index (Phi) is 11.0. The molecule has 3 aromatic rings. The minimum absolute atomic E-state index is 0.0334. The van der Waals surface area contributed by atoms with Gasteiger partial charge < -0.3 is 25.0 Å². The Morgan fingerprint density at radius 3 is 2.33 bits per heavy atom. The number of carbonyl (C=O) groups is 3. The normalized spacial score (nSPS) is 16.2. The fraction of sp³-hybridized carbons (Fsp3) is 0.429. The SMILES string of the molecule is CNC(=O)c1cc(C(=O)Nc2ncccc2C)c(C)cc1O[C@H](CN1CCN(C(=O)OC(C)(C)C)[C@H](C)C1)c1cccc(C(F)(F)F)c1. The van der Waals surface area contributed by atoms with Gasteiger partial charge in [-0.05, 0) is 88.6 Å². The van der Waals surface area contributed by atoms with Gasteiger partial charge in [-0.3, -0.25) is 14.5 Å². The smallest absolute Gasteiger partial charge is 0.416 e. The van der Waals surface area contributed by atoms with Gasteiger partial charge in [0.1, 0.15) is 23.3 Å². The van der Waals surface area contributed by atoms with Gasteiger partial charge in [0.05, 0.1) is 11.1 Å². The number of aryl methyl sites for hydroxylation is 2. The zero-order valence-electron chi connectivity index (χ0n) is 28.2. The topological polar surface area (TPSA) is 113 Å². The first-order valence-corrected chi connectivity index (χ1v) is 15.6. The van der Waals surface area contributed by atoms with Gasteiger partial charge in [-0.25, -0.2) is 9.78 Å². The molecule has 13 heteroatoms. The van der Waals surface area contributed by atoms with Gasteiger partial charge >= 0.3 is 12.3 Å². The molecule has 1 saturated heterocycles. The van der Waals surface area contributed by atoms with Crippen LogP contribution in [0.4, 0.5) is 23.8 Å². The molecule has 4 rings (SSSR count). The molecule has 2 aromatic carbocycles. The number of hydrogen-bond acceptors (Lipinski definition) is 7. The van der Waals surface area contributed by atoms with Gasteiger partial charge in [-0.2, -0.15) is 13.2 Å². The van der Waals surface area contributed by atoms with E-state index in [2.05, 4.69) is 15.6 Å². The molecule has 0 radical (unpaired) electrons. The molecular weight excluding hydrogens is 627 g/mol. The highest BCUT2D eigenvalue weighted by Gasteiger charge is 2.34. The minimum Gasteiger partial charge on any atom is -0.484 e. The monoisotopic (exact) mass is 669 g/mol. The third-order valence-electron chi connectivity index (χ3n) is 7.90. The number of alkyl halides is 3. The average Bonchev–Trinajstić information content (AvgIpc) is 3.00. The number of aromatic nitrogens is 1. The van der Waals surface area contributed by atoms with Crippen LogP contribution < -0.4 is 15.4 Å². The van der Waals surface area contributed by atoms with Crippen molar-refractivity contribution in [2.45, 2.75) is 65.5 Å². The van der Waals surface area contributed by atoms with Crippen molar-refractivity contribution < 1.29 is 37.0 Å². The lowest BCUT2D eigenvalue weighted by Gasteiger charge is -2.41. The minimum atomic E-state index is -4.58. The van der Waals surface area contributed by atoms with Gasteiger partial charge in [0.25, 0.3) is 11.8 Å². The molecule has 2 N–H and O–H groups in total. The molecule has 258 valence electrons. The highest BCUT2D eigenvalue weighted by atomic mass is 19.4. The number of pyridine rings is 1. The summed E-state index contributed by atoms with van der Waals surface area (Å²) in [5.41, 5.74) is 0.215. The summed E-state index contributed by atoms with van der Waals surface area (Å²) >= 11 is 0. The van der Waals surface area contributed by atoms with Crippen molar-refractivity contribution in [3.8, 4) is 5.75 Å². The van der Waals surface area contributed by atoms with Crippen LogP contribution in [0.3, 0.4) is 0 Å². The Bertz CT molecular complexity index is 1660. The molecule has 0 unspecified atom stereocenters. The molecule has 1 aliphatic rings. The maximum absolute atomic E-state index is 13.8. The molecule has 1 aromatic heterocycles. The fourth-order valence-electron chi connectivity index (χ4n) is 5.43. The maximum atomic E-state index is 13.8. The number of anilines is 1. The predicted octanol–water partition coefficient (Wildman–Crippen LogP) is 6.39. The lowest BCUT2D eigenvalue weighted by Crippen LogP contribution is -2.55. The van der Waals surface area contributed by atoms with E-state index in [4.69, 9.17) is 9.47 Å². The average molecular weight is 670 g/mol. The number of rotatable bonds is 8. The molecule has 0 aliphatic carbocycles. The van der Waals surface area contributed by atoms with E-state index in [0.717, 1.165) is 17.7 Å². The summed E-state index contributed by atoms with van der Waals surface area (Å²) in [5.74, 6) is -0.567. The second-order valence-corrected chi connectivity index (χ2v) is 12.9. The van der Waals surface area contributed by atoms with Crippen molar-refractivity contribution in [3.63, 3.8) is 0 Å². The molecular formula is C35H42F3N5O5. The summed E-state index contributed by atoms with van der Waals surface area (Å²) in [7, 11) is 1.43. The van der Waals surface area contributed by atoms with Crippen LogP contribution in [0.5, 0.6) is 5.75 Å². The molecule has 1 aliphatic heterocycles. The summed E-state index contributed by atoms with van der Waals surface area (Å²) < 4.78 is 53.3. The van der Waals surface area contributed by atoms with E-state index in [9.17, 15) is 27.6 Å². The summed E-state index contributed by atoms with van der Waals surface area (Å²) in [6.07, 6.45) is -4.42. The highest BCUT2D eigenvalue weighted by Crippen LogP contribution is 2.34. The van der Waals surface area contributed by atoms with Crippen molar-refractivity contribution in [2.75, 3.05) is 38.5 Å². The molecule has 48 heavy (non-hydrogen) atoms. The van der Waals surface area contributed by atoms with E-state index in [1.165, 1.54) is 25.2 Å². The van der Waals surface area contributed by atoms with Gasteiger partial charge in [-0.15, -0.1) is 0 Å². The van der Waals surface area contributed by atoms with Crippen LogP contribution in [-0.4, -0.2) is 77.6 Å². The van der Waals surface area contributed by atoms with Gasteiger partial charge in [0, 0.05) is 51.0 Å². The second-order valence-electron chi connectivity index (χ2n) is 12.9. The largest absolute Gasteiger partial charge is 0.484 e. The fourth-order valence-corrected chi connectivity index (χ4v) is 5.43. The lowest BCUT2D eigenvalue weighted by molar-refractivity contribution is -0.137. The van der Waals surface area contributed by atoms with Crippen LogP contribution in [-0.2, 0) is 10.9 Å². The van der Waals surface area contributed by atoms with E-state index in [0.29, 0.717) is 31.0 Å². The summed E-state index contributed by atoms with van der Waals surface area (Å²) in [6.45, 7) is 12.0. The third kappa shape index (κ3) is 9.03. The van der Waals surface area contributed by atoms with Crippen LogP contribution in [0, 0.1) is 13.8 Å². The van der Waals surface area contributed by atoms with Gasteiger partial charge in [-0.1, -0.05) is 18.2 Å². The highest BCUT2D eigenvalue weighted by molar-refractivity contribution is 6.07. The zero-order valence-corrected chi connectivity index (χ0v) is 28.2. The van der Waals surface area contributed by atoms with E-state index in [1.807, 2.05) is 11.8 Å². The molecule has 3 amide bonds. The van der Waals surface area contributed by atoms with Crippen LogP contribution in [0.1, 0.15) is 76.8 Å². The number of ether oxygens (including phenoxy) is 2. The second kappa shape index (κ2) is 14.6. The van der Waals surface area contributed by atoms with Crippen LogP contribution in [0.15, 0.2) is 54.7 Å². The molecule has 1 fully saturated rings. The van der Waals surface area contributed by atoms with Crippen molar-refractivity contribution in [1.82, 2.24) is 20.1 Å². The first-order chi connectivity index (χ1) is 22.5. The number of hydrogen-bond donors (Lipinski definition) is 2. The molecule has 0 spiro atoms. The maximum Gasteiger partial charge on any atom is 0.416 e. The zero-order chi connectivity index (χ0) is 35.4. The van der Waals surface area contributed by atoms with Crippen LogP contribution in [0.2, 0.25) is 0 Å². The number of piperazine rings is 1. The number of benzene rings is 2. The Labute approximate surface area is 278 Å². The Hall–Kier alpha value is -4.65. The van der Waals surface area contributed by atoms with Gasteiger partial charge in [0.15, 0.2) is 0 Å². The van der Waals surface area contributed by atoms with Crippen molar-refractivity contribution in [3.05, 3.63) is 88.1 Å². The summed E-state index contributed by atoms with van der Waals surface area (Å²) in [6, 6.07) is 11.1. The molecule has 2 heterocycles. The van der Waals surface area contributed by atoms with Crippen LogP contribution in [0.25, 0.3) is 0 Å². The van der Waals surface area contributed by atoms with E-state index < -0.39 is 41.4 Å². The van der Waals surface area contributed by atoms with E-state index >= 15 is 0 Å². The van der Waals surface area contributed by atoms with Crippen molar-refractivity contribution >= 4 is 23.7 Å². The third-order valence-corrected chi connectivity index (χ3v) is 7.90. The first-order valence-electron chi connectivity index (χ1n) is 15.6. The summed E-state index contributed by atoms with van der Waals surface area (Å²) in [4.78, 5) is 47.1. The van der Waals surface area contributed by atoms with Crippen molar-refractivity contribution in [1.29, 1.82) is 0 Å². The molecule has 0 bridgehead atoms. The first kappa shape index (κ1) is 36.2. The Morgan fingerprint density at radius 1 is 0.979 bits per heavy atom. The van der Waals surface area contributed by atoms with E-state index in [1.54, 1.807) is 63.9 Å². The number of amides is 3. The Balaban J connectivity index is 1.67. The summed E-state index contributed by atoms with van der Waals surface area (Å²) in [5, 5.41) is 5.32. The number of nitrogens with zero attached hydrogens (tertiary/aromatic N) is 3. The molecule has 2 atom stereocenters. The number of halogens is 3. The Morgan fingerprint density at radius 2 is 1.71 bits per heavy atom. The predicted molar refractivity (Wildman–Crippen MR) is 175 cm³/mol. The van der Waals surface area contributed by atoms with Crippen molar-refractivity contribution in [2.24, 2.45) is 0 Å². The number of nitrogens with one attached hydrogen (secondary N) is 2. The quantitative estimate of drug-likeness (QED) is 0.286. The lowest BCUT2D eigenvalue weighted by atomic mass is 10.0. The molecule has 10 nitrogen and oxygen atoms in total. The van der Waals surface area contributed by atoms with E-state index in [-0.39, 0.29) is 35.0 Å².